The number of halogens is 1. The molecule has 1 aromatic carbocycles. The van der Waals surface area contributed by atoms with Crippen LogP contribution in [0.25, 0.3) is 0 Å². The number of ether oxygens (including phenoxy) is 1. The lowest BCUT2D eigenvalue weighted by Gasteiger charge is -2.14. The first kappa shape index (κ1) is 14.9. The smallest absolute Gasteiger partial charge is 0.257 e. The van der Waals surface area contributed by atoms with Crippen LogP contribution in [0.1, 0.15) is 15.9 Å². The lowest BCUT2D eigenvalue weighted by molar-refractivity contribution is 0.102. The average Bonchev–Trinajstić information content (AvgIpc) is 2.47. The molecule has 2 rings (SSSR count). The van der Waals surface area contributed by atoms with Gasteiger partial charge in [0.1, 0.15) is 16.6 Å². The third kappa shape index (κ3) is 3.32. The van der Waals surface area contributed by atoms with Gasteiger partial charge in [-0.15, -0.1) is 0 Å². The number of hydrogen-bond donors (Lipinski definition) is 2. The lowest BCUT2D eigenvalue weighted by atomic mass is 10.1. The highest BCUT2D eigenvalue weighted by atomic mass is 32.1. The van der Waals surface area contributed by atoms with Gasteiger partial charge in [-0.2, -0.15) is 0 Å². The van der Waals surface area contributed by atoms with Crippen LogP contribution in [0.4, 0.5) is 10.1 Å². The summed E-state index contributed by atoms with van der Waals surface area (Å²) in [6, 6.07) is 6.09. The van der Waals surface area contributed by atoms with E-state index in [1.54, 1.807) is 18.2 Å². The molecule has 0 atom stereocenters. The van der Waals surface area contributed by atoms with Gasteiger partial charge in [-0.3, -0.25) is 9.78 Å². The Morgan fingerprint density at radius 3 is 2.81 bits per heavy atom. The van der Waals surface area contributed by atoms with E-state index < -0.39 is 11.7 Å². The highest BCUT2D eigenvalue weighted by Gasteiger charge is 2.15. The Labute approximate surface area is 125 Å². The predicted octanol–water partition coefficient (Wildman–Crippen LogP) is 2.12. The molecule has 7 heteroatoms. The van der Waals surface area contributed by atoms with Gasteiger partial charge in [0, 0.05) is 11.8 Å². The largest absolute Gasteiger partial charge is 0.495 e. The molecule has 0 saturated carbocycles. The van der Waals surface area contributed by atoms with E-state index in [1.165, 1.54) is 13.3 Å². The molecule has 108 valence electrons. The van der Waals surface area contributed by atoms with E-state index >= 15 is 0 Å². The summed E-state index contributed by atoms with van der Waals surface area (Å²) in [5.41, 5.74) is 6.50. The van der Waals surface area contributed by atoms with E-state index in [-0.39, 0.29) is 10.6 Å². The predicted molar refractivity (Wildman–Crippen MR) is 81.0 cm³/mol. The number of hydrogen-bond acceptors (Lipinski definition) is 4. The molecular weight excluding hydrogens is 293 g/mol. The number of benzene rings is 1. The first-order chi connectivity index (χ1) is 10.0. The van der Waals surface area contributed by atoms with Crippen molar-refractivity contribution < 1.29 is 13.9 Å². The summed E-state index contributed by atoms with van der Waals surface area (Å²) in [7, 11) is 1.46. The summed E-state index contributed by atoms with van der Waals surface area (Å²) in [6.45, 7) is 0. The molecule has 0 fully saturated rings. The van der Waals surface area contributed by atoms with Gasteiger partial charge in [-0.1, -0.05) is 18.3 Å². The third-order valence-electron chi connectivity index (χ3n) is 2.72. The van der Waals surface area contributed by atoms with Crippen LogP contribution in [0.15, 0.2) is 36.7 Å². The fourth-order valence-corrected chi connectivity index (χ4v) is 1.93. The van der Waals surface area contributed by atoms with Crippen molar-refractivity contribution in [2.24, 2.45) is 5.73 Å². The van der Waals surface area contributed by atoms with Gasteiger partial charge in [-0.25, -0.2) is 4.39 Å². The van der Waals surface area contributed by atoms with Crippen LogP contribution in [0.2, 0.25) is 0 Å². The molecule has 3 N–H and O–H groups in total. The van der Waals surface area contributed by atoms with Gasteiger partial charge >= 0.3 is 0 Å². The zero-order chi connectivity index (χ0) is 15.4. The van der Waals surface area contributed by atoms with Gasteiger partial charge in [0.25, 0.3) is 5.91 Å². The standard InChI is InChI=1S/C14H12FN3O2S/c1-20-11-4-2-3-10(13(16)21)12(11)18-14(19)8-5-9(15)7-17-6-8/h2-7H,1H3,(H2,16,21)(H,18,19). The number of anilines is 1. The monoisotopic (exact) mass is 305 g/mol. The summed E-state index contributed by atoms with van der Waals surface area (Å²) in [6.07, 6.45) is 2.27. The Kier molecular flexibility index (Phi) is 4.44. The first-order valence-corrected chi connectivity index (χ1v) is 6.32. The van der Waals surface area contributed by atoms with E-state index in [0.717, 1.165) is 12.3 Å². The van der Waals surface area contributed by atoms with Gasteiger partial charge in [0.15, 0.2) is 0 Å². The van der Waals surface area contributed by atoms with Crippen LogP contribution in [-0.2, 0) is 0 Å². The quantitative estimate of drug-likeness (QED) is 0.846. The van der Waals surface area contributed by atoms with E-state index in [9.17, 15) is 9.18 Å². The minimum Gasteiger partial charge on any atom is -0.495 e. The lowest BCUT2D eigenvalue weighted by Crippen LogP contribution is -2.18. The van der Waals surface area contributed by atoms with E-state index in [0.29, 0.717) is 17.0 Å². The number of thiocarbonyl (C=S) groups is 1. The minimum absolute atomic E-state index is 0.0785. The molecule has 0 saturated heterocycles. The molecule has 0 aliphatic carbocycles. The van der Waals surface area contributed by atoms with Crippen molar-refractivity contribution in [2.45, 2.75) is 0 Å². The van der Waals surface area contributed by atoms with Crippen molar-refractivity contribution in [3.8, 4) is 5.75 Å². The van der Waals surface area contributed by atoms with E-state index in [4.69, 9.17) is 22.7 Å². The van der Waals surface area contributed by atoms with Crippen molar-refractivity contribution in [2.75, 3.05) is 12.4 Å². The third-order valence-corrected chi connectivity index (χ3v) is 2.94. The molecule has 21 heavy (non-hydrogen) atoms. The molecule has 1 amide bonds. The number of carbonyl (C=O) groups excluding carboxylic acids is 1. The second kappa shape index (κ2) is 6.27. The SMILES string of the molecule is COc1cccc(C(N)=S)c1NC(=O)c1cncc(F)c1. The Morgan fingerprint density at radius 1 is 1.43 bits per heavy atom. The highest BCUT2D eigenvalue weighted by molar-refractivity contribution is 7.80. The normalized spacial score (nSPS) is 10.0. The number of amides is 1. The summed E-state index contributed by atoms with van der Waals surface area (Å²) >= 11 is 4.95. The zero-order valence-electron chi connectivity index (χ0n) is 11.1. The van der Waals surface area contributed by atoms with Crippen LogP contribution >= 0.6 is 12.2 Å². The summed E-state index contributed by atoms with van der Waals surface area (Å²) in [5, 5.41) is 2.62. The van der Waals surface area contributed by atoms with Crippen molar-refractivity contribution in [3.63, 3.8) is 0 Å². The van der Waals surface area contributed by atoms with Crippen molar-refractivity contribution >= 4 is 28.8 Å². The summed E-state index contributed by atoms with van der Waals surface area (Å²) < 4.78 is 18.3. The Morgan fingerprint density at radius 2 is 2.19 bits per heavy atom. The fraction of sp³-hybridized carbons (Fsp3) is 0.0714. The molecule has 0 aliphatic heterocycles. The van der Waals surface area contributed by atoms with Crippen LogP contribution in [0, 0.1) is 5.82 Å². The molecule has 1 aromatic heterocycles. The Hall–Kier alpha value is -2.54. The highest BCUT2D eigenvalue weighted by Crippen LogP contribution is 2.28. The second-order valence-corrected chi connectivity index (χ2v) is 4.53. The Balaban J connectivity index is 2.39. The maximum absolute atomic E-state index is 13.1. The number of nitrogens with zero attached hydrogens (tertiary/aromatic N) is 1. The summed E-state index contributed by atoms with van der Waals surface area (Å²) in [4.78, 5) is 15.9. The molecule has 0 radical (unpaired) electrons. The number of para-hydroxylation sites is 1. The number of rotatable bonds is 4. The van der Waals surface area contributed by atoms with Crippen LogP contribution in [0.3, 0.4) is 0 Å². The van der Waals surface area contributed by atoms with Crippen LogP contribution in [-0.4, -0.2) is 23.0 Å². The fourth-order valence-electron chi connectivity index (χ4n) is 1.76. The number of carbonyl (C=O) groups is 1. The number of aromatic nitrogens is 1. The van der Waals surface area contributed by atoms with Crippen molar-refractivity contribution in [1.29, 1.82) is 0 Å². The van der Waals surface area contributed by atoms with Crippen molar-refractivity contribution in [1.82, 2.24) is 4.98 Å². The Bertz CT molecular complexity index is 706. The van der Waals surface area contributed by atoms with E-state index in [1.807, 2.05) is 0 Å². The second-order valence-electron chi connectivity index (χ2n) is 4.09. The number of methoxy groups -OCH3 is 1. The van der Waals surface area contributed by atoms with Gasteiger partial charge < -0.3 is 15.8 Å². The van der Waals surface area contributed by atoms with E-state index in [2.05, 4.69) is 10.3 Å². The van der Waals surface area contributed by atoms with Crippen molar-refractivity contribution in [3.05, 3.63) is 53.6 Å². The summed E-state index contributed by atoms with van der Waals surface area (Å²) in [5.74, 6) is -0.737. The molecule has 2 aromatic rings. The molecule has 0 aliphatic rings. The molecular formula is C14H12FN3O2S. The number of pyridine rings is 1. The maximum atomic E-state index is 13.1. The molecule has 5 nitrogen and oxygen atoms in total. The van der Waals surface area contributed by atoms with Crippen LogP contribution < -0.4 is 15.8 Å². The molecule has 1 heterocycles. The molecule has 0 unspecified atom stereocenters. The molecule has 0 spiro atoms. The topological polar surface area (TPSA) is 77.2 Å². The average molecular weight is 305 g/mol. The van der Waals surface area contributed by atoms with Gasteiger partial charge in [-0.05, 0) is 18.2 Å². The van der Waals surface area contributed by atoms with Gasteiger partial charge in [0.05, 0.1) is 24.6 Å². The van der Waals surface area contributed by atoms with Gasteiger partial charge in [0.2, 0.25) is 0 Å². The zero-order valence-corrected chi connectivity index (χ0v) is 11.9. The number of nitrogens with one attached hydrogen (secondary N) is 1. The van der Waals surface area contributed by atoms with Crippen LogP contribution in [0.5, 0.6) is 5.75 Å². The molecule has 0 bridgehead atoms. The number of nitrogens with two attached hydrogens (primary N) is 1. The first-order valence-electron chi connectivity index (χ1n) is 5.91. The maximum Gasteiger partial charge on any atom is 0.257 e. The minimum atomic E-state index is -0.600.